The van der Waals surface area contributed by atoms with Crippen LogP contribution in [0.4, 0.5) is 0 Å². The second kappa shape index (κ2) is 8.36. The fraction of sp³-hybridized carbons (Fsp3) is 0.214. The van der Waals surface area contributed by atoms with Gasteiger partial charge in [0.05, 0.1) is 0 Å². The van der Waals surface area contributed by atoms with E-state index in [2.05, 4.69) is 48.5 Å². The van der Waals surface area contributed by atoms with Gasteiger partial charge in [-0.2, -0.15) is 0 Å². The highest BCUT2D eigenvalue weighted by molar-refractivity contribution is 7.22. The lowest BCUT2D eigenvalue weighted by Crippen LogP contribution is -2.31. The Hall–Kier alpha value is -3.24. The summed E-state index contributed by atoms with van der Waals surface area (Å²) in [6, 6.07) is 22.8. The second-order valence-corrected chi connectivity index (χ2v) is 9.63. The number of carbonyl (C=O) groups excluding carboxylic acids is 2. The number of rotatable bonds is 3. The Kier molecular flexibility index (Phi) is 5.40. The van der Waals surface area contributed by atoms with Gasteiger partial charge in [0.1, 0.15) is 0 Å². The van der Waals surface area contributed by atoms with Crippen molar-refractivity contribution in [1.82, 2.24) is 4.90 Å². The van der Waals surface area contributed by atoms with Gasteiger partial charge in [0.2, 0.25) is 0 Å². The van der Waals surface area contributed by atoms with Gasteiger partial charge in [0, 0.05) is 33.8 Å². The van der Waals surface area contributed by atoms with Crippen LogP contribution in [0.15, 0.2) is 66.7 Å². The van der Waals surface area contributed by atoms with E-state index in [-0.39, 0.29) is 11.7 Å². The van der Waals surface area contributed by atoms with Crippen LogP contribution in [0.3, 0.4) is 0 Å². The Morgan fingerprint density at radius 1 is 0.938 bits per heavy atom. The Morgan fingerprint density at radius 2 is 1.78 bits per heavy atom. The molecule has 5 rings (SSSR count). The fourth-order valence-corrected chi connectivity index (χ4v) is 5.56. The van der Waals surface area contributed by atoms with Crippen molar-refractivity contribution in [3.63, 3.8) is 0 Å². The van der Waals surface area contributed by atoms with E-state index in [1.807, 2.05) is 29.2 Å². The number of ketones is 1. The first-order chi connectivity index (χ1) is 15.5. The average molecular weight is 440 g/mol. The van der Waals surface area contributed by atoms with E-state index in [9.17, 15) is 9.59 Å². The van der Waals surface area contributed by atoms with Crippen LogP contribution < -0.4 is 0 Å². The van der Waals surface area contributed by atoms with Crippen molar-refractivity contribution in [2.24, 2.45) is 0 Å². The largest absolute Gasteiger partial charge is 0.334 e. The molecule has 0 saturated carbocycles. The Labute approximate surface area is 192 Å². The van der Waals surface area contributed by atoms with Crippen molar-refractivity contribution < 1.29 is 9.59 Å². The number of nitrogens with zero attached hydrogens (tertiary/aromatic N) is 1. The van der Waals surface area contributed by atoms with Crippen LogP contribution in [0, 0.1) is 6.92 Å². The predicted octanol–water partition coefficient (Wildman–Crippen LogP) is 6.67. The number of fused-ring (bicyclic) bond motifs is 2. The molecule has 1 amide bonds. The summed E-state index contributed by atoms with van der Waals surface area (Å²) in [7, 11) is 0. The molecule has 0 N–H and O–H groups in total. The van der Waals surface area contributed by atoms with Crippen molar-refractivity contribution >= 4 is 33.1 Å². The van der Waals surface area contributed by atoms with Crippen molar-refractivity contribution in [2.75, 3.05) is 6.54 Å². The number of thiophene rings is 1. The van der Waals surface area contributed by atoms with Gasteiger partial charge in [-0.3, -0.25) is 9.59 Å². The monoisotopic (exact) mass is 439 g/mol. The van der Waals surface area contributed by atoms with Crippen molar-refractivity contribution in [3.05, 3.63) is 94.5 Å². The number of aryl methyl sites for hydroxylation is 2. The maximum absolute atomic E-state index is 13.4. The molecule has 1 aliphatic rings. The molecule has 0 unspecified atom stereocenters. The topological polar surface area (TPSA) is 37.4 Å². The van der Waals surface area contributed by atoms with E-state index in [1.54, 1.807) is 19.1 Å². The lowest BCUT2D eigenvalue weighted by molar-refractivity contribution is 0.0744. The van der Waals surface area contributed by atoms with E-state index >= 15 is 0 Å². The molecule has 32 heavy (non-hydrogen) atoms. The van der Waals surface area contributed by atoms with E-state index in [0.29, 0.717) is 17.7 Å². The molecule has 0 bridgehead atoms. The standard InChI is InChI=1S/C28H25NO2S/c1-18-14-21(19(2)30)11-12-25(18)28(31)29-13-5-7-20-9-10-23(15-24(20)17-29)27-16-22-6-3-4-8-26(22)32-27/h3-4,6,8-12,14-16H,5,7,13,17H2,1-2H3. The third-order valence-corrected chi connectivity index (χ3v) is 7.47. The maximum atomic E-state index is 13.4. The Morgan fingerprint density at radius 3 is 2.56 bits per heavy atom. The zero-order valence-corrected chi connectivity index (χ0v) is 19.2. The molecule has 4 heteroatoms. The van der Waals surface area contributed by atoms with Gasteiger partial charge in [0.25, 0.3) is 5.91 Å². The number of amides is 1. The molecule has 0 atom stereocenters. The molecule has 0 fully saturated rings. The van der Waals surface area contributed by atoms with E-state index in [1.165, 1.54) is 31.7 Å². The summed E-state index contributed by atoms with van der Waals surface area (Å²) in [5.41, 5.74) is 5.94. The Bertz CT molecular complexity index is 1320. The van der Waals surface area contributed by atoms with Gasteiger partial charge >= 0.3 is 0 Å². The SMILES string of the molecule is CC(=O)c1ccc(C(=O)N2CCCc3ccc(-c4cc5ccccc5s4)cc3C2)c(C)c1. The van der Waals surface area contributed by atoms with Gasteiger partial charge in [0.15, 0.2) is 5.78 Å². The molecule has 0 saturated heterocycles. The maximum Gasteiger partial charge on any atom is 0.254 e. The number of hydrogen-bond acceptors (Lipinski definition) is 3. The lowest BCUT2D eigenvalue weighted by Gasteiger charge is -2.22. The van der Waals surface area contributed by atoms with Gasteiger partial charge < -0.3 is 4.90 Å². The summed E-state index contributed by atoms with van der Waals surface area (Å²) in [5.74, 6) is 0.0577. The summed E-state index contributed by atoms with van der Waals surface area (Å²) in [6.45, 7) is 4.81. The fourth-order valence-electron chi connectivity index (χ4n) is 4.51. The lowest BCUT2D eigenvalue weighted by atomic mass is 10.00. The van der Waals surface area contributed by atoms with Crippen LogP contribution in [0.25, 0.3) is 20.5 Å². The van der Waals surface area contributed by atoms with Crippen LogP contribution in [0.1, 0.15) is 50.8 Å². The van der Waals surface area contributed by atoms with Crippen LogP contribution in [0.2, 0.25) is 0 Å². The highest BCUT2D eigenvalue weighted by Crippen LogP contribution is 2.35. The highest BCUT2D eigenvalue weighted by atomic mass is 32.1. The minimum absolute atomic E-state index is 0.0181. The quantitative estimate of drug-likeness (QED) is 0.334. The second-order valence-electron chi connectivity index (χ2n) is 8.55. The van der Waals surface area contributed by atoms with E-state index < -0.39 is 0 Å². The van der Waals surface area contributed by atoms with Crippen LogP contribution in [-0.4, -0.2) is 23.1 Å². The first-order valence-corrected chi connectivity index (χ1v) is 11.8. The van der Waals surface area contributed by atoms with Crippen molar-refractivity contribution in [3.8, 4) is 10.4 Å². The molecular weight excluding hydrogens is 414 g/mol. The molecule has 3 nitrogen and oxygen atoms in total. The summed E-state index contributed by atoms with van der Waals surface area (Å²) < 4.78 is 1.29. The third kappa shape index (κ3) is 3.87. The van der Waals surface area contributed by atoms with Crippen LogP contribution >= 0.6 is 11.3 Å². The minimum Gasteiger partial charge on any atom is -0.334 e. The summed E-state index contributed by atoms with van der Waals surface area (Å²) in [6.07, 6.45) is 1.93. The van der Waals surface area contributed by atoms with Gasteiger partial charge in [-0.25, -0.2) is 0 Å². The third-order valence-electron chi connectivity index (χ3n) is 6.30. The number of hydrogen-bond donors (Lipinski definition) is 0. The summed E-state index contributed by atoms with van der Waals surface area (Å²) in [4.78, 5) is 28.3. The van der Waals surface area contributed by atoms with E-state index in [0.717, 1.165) is 24.9 Å². The van der Waals surface area contributed by atoms with Gasteiger partial charge in [-0.1, -0.05) is 36.4 Å². The smallest absolute Gasteiger partial charge is 0.254 e. The first kappa shape index (κ1) is 20.7. The van der Waals surface area contributed by atoms with Crippen molar-refractivity contribution in [1.29, 1.82) is 0 Å². The first-order valence-electron chi connectivity index (χ1n) is 11.0. The van der Waals surface area contributed by atoms with Crippen LogP contribution in [0.5, 0.6) is 0 Å². The predicted molar refractivity (Wildman–Crippen MR) is 132 cm³/mol. The normalized spacial score (nSPS) is 13.6. The molecule has 4 aromatic rings. The van der Waals surface area contributed by atoms with Gasteiger partial charge in [-0.15, -0.1) is 11.3 Å². The number of carbonyl (C=O) groups is 2. The molecular formula is C28H25NO2S. The minimum atomic E-state index is 0.0181. The zero-order chi connectivity index (χ0) is 22.2. The molecule has 0 spiro atoms. The van der Waals surface area contributed by atoms with Crippen molar-refractivity contribution in [2.45, 2.75) is 33.2 Å². The van der Waals surface area contributed by atoms with Gasteiger partial charge in [-0.05, 0) is 84.7 Å². The molecule has 160 valence electrons. The molecule has 0 aliphatic carbocycles. The molecule has 3 aromatic carbocycles. The van der Waals surface area contributed by atoms with Crippen LogP contribution in [-0.2, 0) is 13.0 Å². The van der Waals surface area contributed by atoms with E-state index in [4.69, 9.17) is 0 Å². The summed E-state index contributed by atoms with van der Waals surface area (Å²) in [5, 5.41) is 1.27. The highest BCUT2D eigenvalue weighted by Gasteiger charge is 2.22. The average Bonchev–Trinajstić information content (AvgIpc) is 3.11. The zero-order valence-electron chi connectivity index (χ0n) is 18.4. The molecule has 2 heterocycles. The molecule has 1 aromatic heterocycles. The molecule has 1 aliphatic heterocycles. The molecule has 0 radical (unpaired) electrons. The number of benzene rings is 3. The Balaban J connectivity index is 1.45. The summed E-state index contributed by atoms with van der Waals surface area (Å²) >= 11 is 1.81. The number of Topliss-reactive ketones (excluding diaryl/α,β-unsaturated/α-hetero) is 1.